The summed E-state index contributed by atoms with van der Waals surface area (Å²) < 4.78 is 0. The fourth-order valence-corrected chi connectivity index (χ4v) is 2.15. The van der Waals surface area contributed by atoms with Crippen molar-refractivity contribution >= 4 is 0 Å². The van der Waals surface area contributed by atoms with Crippen molar-refractivity contribution < 1.29 is 0 Å². The molecule has 0 aliphatic heterocycles. The molecule has 1 aliphatic carbocycles. The molecule has 1 aliphatic rings. The lowest BCUT2D eigenvalue weighted by Gasteiger charge is -2.20. The average Bonchev–Trinajstić information content (AvgIpc) is 2.30. The summed E-state index contributed by atoms with van der Waals surface area (Å²) in [6.07, 6.45) is 10.9. The lowest BCUT2D eigenvalue weighted by molar-refractivity contribution is 0.646. The van der Waals surface area contributed by atoms with E-state index < -0.39 is 0 Å². The molecule has 2 heteroatoms. The number of nitrogens with zero attached hydrogens (tertiary/aromatic N) is 1. The minimum atomic E-state index is 0.0546. The van der Waals surface area contributed by atoms with Crippen LogP contribution in [0.1, 0.15) is 42.9 Å². The average molecular weight is 202 g/mol. The fraction of sp³-hybridized carbons (Fsp3) is 0.462. The van der Waals surface area contributed by atoms with Gasteiger partial charge < -0.3 is 5.73 Å². The maximum Gasteiger partial charge on any atom is 0.0528 e. The second kappa shape index (κ2) is 4.58. The molecule has 80 valence electrons. The molecule has 1 unspecified atom stereocenters. The largest absolute Gasteiger partial charge is 0.320 e. The van der Waals surface area contributed by atoms with Gasteiger partial charge in [0.15, 0.2) is 0 Å². The smallest absolute Gasteiger partial charge is 0.0528 e. The van der Waals surface area contributed by atoms with Gasteiger partial charge in [-0.1, -0.05) is 11.6 Å². The first-order valence-electron chi connectivity index (χ1n) is 5.64. The summed E-state index contributed by atoms with van der Waals surface area (Å²) in [6.45, 7) is 2.10. The van der Waals surface area contributed by atoms with Crippen molar-refractivity contribution in [3.63, 3.8) is 0 Å². The van der Waals surface area contributed by atoms with Crippen molar-refractivity contribution in [3.8, 4) is 0 Å². The zero-order valence-electron chi connectivity index (χ0n) is 9.24. The van der Waals surface area contributed by atoms with Gasteiger partial charge in [-0.05, 0) is 49.8 Å². The Kier molecular flexibility index (Phi) is 3.17. The molecular formula is C13H18N2. The van der Waals surface area contributed by atoms with Crippen LogP contribution in [0.2, 0.25) is 0 Å². The number of aryl methyl sites for hydroxylation is 1. The third kappa shape index (κ3) is 2.26. The van der Waals surface area contributed by atoms with Gasteiger partial charge in [-0.2, -0.15) is 0 Å². The van der Waals surface area contributed by atoms with Gasteiger partial charge in [0.25, 0.3) is 0 Å². The monoisotopic (exact) mass is 202 g/mol. The molecule has 0 aromatic carbocycles. The first kappa shape index (κ1) is 10.4. The van der Waals surface area contributed by atoms with Gasteiger partial charge in [-0.25, -0.2) is 0 Å². The van der Waals surface area contributed by atoms with Crippen LogP contribution in [-0.2, 0) is 0 Å². The number of rotatable bonds is 2. The summed E-state index contributed by atoms with van der Waals surface area (Å²) >= 11 is 0. The van der Waals surface area contributed by atoms with E-state index in [1.165, 1.54) is 36.0 Å². The van der Waals surface area contributed by atoms with Crippen molar-refractivity contribution in [2.45, 2.75) is 38.6 Å². The fourth-order valence-electron chi connectivity index (χ4n) is 2.15. The van der Waals surface area contributed by atoms with Crippen LogP contribution >= 0.6 is 0 Å². The molecule has 0 bridgehead atoms. The van der Waals surface area contributed by atoms with E-state index in [1.54, 1.807) is 0 Å². The van der Waals surface area contributed by atoms with E-state index in [9.17, 15) is 0 Å². The Morgan fingerprint density at radius 2 is 2.27 bits per heavy atom. The number of hydrogen-bond donors (Lipinski definition) is 1. The summed E-state index contributed by atoms with van der Waals surface area (Å²) in [6, 6.07) is 2.08. The first-order valence-corrected chi connectivity index (χ1v) is 5.64. The molecular weight excluding hydrogens is 184 g/mol. The molecule has 0 spiro atoms. The zero-order chi connectivity index (χ0) is 10.7. The Morgan fingerprint density at radius 1 is 1.40 bits per heavy atom. The van der Waals surface area contributed by atoms with E-state index in [0.717, 1.165) is 6.42 Å². The number of aromatic nitrogens is 1. The Balaban J connectivity index is 2.23. The van der Waals surface area contributed by atoms with Crippen molar-refractivity contribution in [1.82, 2.24) is 4.98 Å². The van der Waals surface area contributed by atoms with E-state index in [4.69, 9.17) is 5.73 Å². The van der Waals surface area contributed by atoms with E-state index >= 15 is 0 Å². The van der Waals surface area contributed by atoms with Crippen LogP contribution in [0.3, 0.4) is 0 Å². The third-order valence-corrected chi connectivity index (χ3v) is 3.14. The molecule has 0 radical (unpaired) electrons. The number of hydrogen-bond acceptors (Lipinski definition) is 2. The van der Waals surface area contributed by atoms with Gasteiger partial charge in [0.2, 0.25) is 0 Å². The van der Waals surface area contributed by atoms with Crippen molar-refractivity contribution in [3.05, 3.63) is 41.2 Å². The van der Waals surface area contributed by atoms with Crippen molar-refractivity contribution in [2.75, 3.05) is 0 Å². The van der Waals surface area contributed by atoms with Crippen LogP contribution in [0.25, 0.3) is 0 Å². The Hall–Kier alpha value is -1.15. The van der Waals surface area contributed by atoms with E-state index in [1.807, 2.05) is 18.5 Å². The molecule has 1 heterocycles. The number of nitrogens with two attached hydrogens (primary N) is 1. The third-order valence-electron chi connectivity index (χ3n) is 3.14. The van der Waals surface area contributed by atoms with Gasteiger partial charge in [-0.3, -0.25) is 4.98 Å². The molecule has 2 nitrogen and oxygen atoms in total. The van der Waals surface area contributed by atoms with Crippen LogP contribution in [-0.4, -0.2) is 4.98 Å². The van der Waals surface area contributed by atoms with Gasteiger partial charge in [-0.15, -0.1) is 0 Å². The highest BCUT2D eigenvalue weighted by molar-refractivity contribution is 5.32. The van der Waals surface area contributed by atoms with Crippen LogP contribution in [0.15, 0.2) is 30.1 Å². The molecule has 0 saturated carbocycles. The zero-order valence-corrected chi connectivity index (χ0v) is 9.24. The molecule has 1 atom stereocenters. The Bertz CT molecular complexity index is 369. The highest BCUT2D eigenvalue weighted by Gasteiger charge is 2.15. The highest BCUT2D eigenvalue weighted by Crippen LogP contribution is 2.28. The van der Waals surface area contributed by atoms with Crippen LogP contribution < -0.4 is 5.73 Å². The minimum absolute atomic E-state index is 0.0546. The minimum Gasteiger partial charge on any atom is -0.320 e. The quantitative estimate of drug-likeness (QED) is 0.749. The Morgan fingerprint density at radius 3 is 2.93 bits per heavy atom. The molecule has 0 fully saturated rings. The van der Waals surface area contributed by atoms with Crippen LogP contribution in [0.5, 0.6) is 0 Å². The maximum absolute atomic E-state index is 6.26. The van der Waals surface area contributed by atoms with Gasteiger partial charge in [0.1, 0.15) is 0 Å². The van der Waals surface area contributed by atoms with Gasteiger partial charge in [0.05, 0.1) is 6.04 Å². The maximum atomic E-state index is 6.26. The Labute approximate surface area is 91.2 Å². The summed E-state index contributed by atoms with van der Waals surface area (Å²) in [7, 11) is 0. The van der Waals surface area contributed by atoms with E-state index in [-0.39, 0.29) is 6.04 Å². The molecule has 2 rings (SSSR count). The van der Waals surface area contributed by atoms with Crippen LogP contribution in [0, 0.1) is 6.92 Å². The molecule has 15 heavy (non-hydrogen) atoms. The van der Waals surface area contributed by atoms with E-state index in [2.05, 4.69) is 18.0 Å². The number of allylic oxidation sites excluding steroid dienone is 1. The number of pyridine rings is 1. The second-order valence-corrected chi connectivity index (χ2v) is 4.23. The SMILES string of the molecule is Cc1ccncc1C(N)C1=CCCCC1. The lowest BCUT2D eigenvalue weighted by Crippen LogP contribution is -2.16. The standard InChI is InChI=1S/C13H18N2/c1-10-7-8-15-9-12(10)13(14)11-5-3-2-4-6-11/h5,7-9,13H,2-4,6,14H2,1H3. The summed E-state index contributed by atoms with van der Waals surface area (Å²) in [4.78, 5) is 4.15. The van der Waals surface area contributed by atoms with Gasteiger partial charge in [0, 0.05) is 12.4 Å². The predicted molar refractivity (Wildman–Crippen MR) is 62.5 cm³/mol. The van der Waals surface area contributed by atoms with Crippen LogP contribution in [0.4, 0.5) is 0 Å². The molecule has 0 amide bonds. The molecule has 0 saturated heterocycles. The highest BCUT2D eigenvalue weighted by atomic mass is 14.7. The predicted octanol–water partition coefficient (Wildman–Crippen LogP) is 2.89. The van der Waals surface area contributed by atoms with Gasteiger partial charge >= 0.3 is 0 Å². The first-order chi connectivity index (χ1) is 7.29. The summed E-state index contributed by atoms with van der Waals surface area (Å²) in [5.74, 6) is 0. The normalized spacial score (nSPS) is 18.4. The lowest BCUT2D eigenvalue weighted by atomic mass is 9.89. The topological polar surface area (TPSA) is 38.9 Å². The molecule has 1 aromatic heterocycles. The molecule has 1 aromatic rings. The molecule has 2 N–H and O–H groups in total. The second-order valence-electron chi connectivity index (χ2n) is 4.23. The van der Waals surface area contributed by atoms with Crippen molar-refractivity contribution in [2.24, 2.45) is 5.73 Å². The summed E-state index contributed by atoms with van der Waals surface area (Å²) in [5.41, 5.74) is 10.1. The van der Waals surface area contributed by atoms with E-state index in [0.29, 0.717) is 0 Å². The van der Waals surface area contributed by atoms with Crippen molar-refractivity contribution in [1.29, 1.82) is 0 Å². The summed E-state index contributed by atoms with van der Waals surface area (Å²) in [5, 5.41) is 0.